The highest BCUT2D eigenvalue weighted by Crippen LogP contribution is 2.14. The Bertz CT molecular complexity index is 264. The van der Waals surface area contributed by atoms with E-state index in [-0.39, 0.29) is 11.7 Å². The van der Waals surface area contributed by atoms with Crippen molar-refractivity contribution in [1.29, 1.82) is 0 Å². The first-order valence-corrected chi connectivity index (χ1v) is 6.22. The van der Waals surface area contributed by atoms with Gasteiger partial charge in [-0.15, -0.1) is 0 Å². The molecule has 1 rings (SSSR count). The summed E-state index contributed by atoms with van der Waals surface area (Å²) in [4.78, 5) is 6.51. The van der Waals surface area contributed by atoms with Crippen LogP contribution in [0.1, 0.15) is 27.2 Å². The molecule has 1 saturated heterocycles. The molecule has 0 radical (unpaired) electrons. The van der Waals surface area contributed by atoms with Gasteiger partial charge in [0.2, 0.25) is 0 Å². The van der Waals surface area contributed by atoms with Crippen molar-refractivity contribution in [3.05, 3.63) is 0 Å². The van der Waals surface area contributed by atoms with Crippen molar-refractivity contribution >= 4 is 5.96 Å². The van der Waals surface area contributed by atoms with Crippen LogP contribution in [-0.4, -0.2) is 55.9 Å². The predicted octanol–water partition coefficient (Wildman–Crippen LogP) is 0.837. The molecule has 2 unspecified atom stereocenters. The Morgan fingerprint density at radius 3 is 2.88 bits per heavy atom. The summed E-state index contributed by atoms with van der Waals surface area (Å²) >= 11 is 0. The quantitative estimate of drug-likeness (QED) is 0.587. The standard InChI is InChI=1S/C12H25N3O2/c1-5-12(3,16-4)9-14-11(13)15-6-7-17-10(2)8-15/h10H,5-9H2,1-4H3,(H2,13,14). The molecule has 1 heterocycles. The summed E-state index contributed by atoms with van der Waals surface area (Å²) in [5.74, 6) is 0.594. The van der Waals surface area contributed by atoms with Gasteiger partial charge in [0.15, 0.2) is 5.96 Å². The second kappa shape index (κ2) is 6.21. The monoisotopic (exact) mass is 243 g/mol. The molecule has 0 amide bonds. The first-order valence-electron chi connectivity index (χ1n) is 6.22. The fraction of sp³-hybridized carbons (Fsp3) is 0.917. The van der Waals surface area contributed by atoms with Gasteiger partial charge in [0, 0.05) is 20.2 Å². The Morgan fingerprint density at radius 2 is 2.35 bits per heavy atom. The van der Waals surface area contributed by atoms with E-state index >= 15 is 0 Å². The van der Waals surface area contributed by atoms with Crippen LogP contribution in [0, 0.1) is 0 Å². The highest BCUT2D eigenvalue weighted by molar-refractivity contribution is 5.78. The Balaban J connectivity index is 2.53. The van der Waals surface area contributed by atoms with Gasteiger partial charge in [-0.3, -0.25) is 4.99 Å². The Hall–Kier alpha value is -0.810. The van der Waals surface area contributed by atoms with Crippen molar-refractivity contribution in [3.8, 4) is 0 Å². The van der Waals surface area contributed by atoms with Crippen molar-refractivity contribution in [2.75, 3.05) is 33.4 Å². The van der Waals surface area contributed by atoms with Crippen LogP contribution in [0.2, 0.25) is 0 Å². The molecule has 0 bridgehead atoms. The number of methoxy groups -OCH3 is 1. The Morgan fingerprint density at radius 1 is 1.65 bits per heavy atom. The van der Waals surface area contributed by atoms with Crippen LogP contribution in [0.15, 0.2) is 4.99 Å². The number of hydrogen-bond donors (Lipinski definition) is 1. The number of ether oxygens (including phenoxy) is 2. The summed E-state index contributed by atoms with van der Waals surface area (Å²) in [5.41, 5.74) is 5.77. The summed E-state index contributed by atoms with van der Waals surface area (Å²) in [5, 5.41) is 0. The lowest BCUT2D eigenvalue weighted by Gasteiger charge is -2.32. The molecule has 0 aromatic carbocycles. The number of rotatable bonds is 4. The first-order chi connectivity index (χ1) is 8.00. The molecule has 1 aliphatic heterocycles. The van der Waals surface area contributed by atoms with Crippen LogP contribution in [-0.2, 0) is 9.47 Å². The molecule has 2 atom stereocenters. The van der Waals surface area contributed by atoms with E-state index in [1.807, 2.05) is 13.8 Å². The zero-order valence-electron chi connectivity index (χ0n) is 11.4. The summed E-state index contributed by atoms with van der Waals surface area (Å²) in [6, 6.07) is 0. The minimum absolute atomic E-state index is 0.220. The van der Waals surface area contributed by atoms with Crippen molar-refractivity contribution in [1.82, 2.24) is 4.90 Å². The van der Waals surface area contributed by atoms with E-state index in [2.05, 4.69) is 16.8 Å². The molecule has 2 N–H and O–H groups in total. The van der Waals surface area contributed by atoms with Crippen LogP contribution in [0.25, 0.3) is 0 Å². The van der Waals surface area contributed by atoms with E-state index in [0.29, 0.717) is 19.1 Å². The average Bonchev–Trinajstić information content (AvgIpc) is 2.35. The molecule has 0 aromatic rings. The number of aliphatic imine (C=N–C) groups is 1. The Kier molecular flexibility index (Phi) is 5.21. The molecule has 17 heavy (non-hydrogen) atoms. The summed E-state index contributed by atoms with van der Waals surface area (Å²) in [7, 11) is 1.71. The highest BCUT2D eigenvalue weighted by atomic mass is 16.5. The fourth-order valence-electron chi connectivity index (χ4n) is 1.70. The summed E-state index contributed by atoms with van der Waals surface area (Å²) in [6.45, 7) is 9.12. The third-order valence-electron chi connectivity index (χ3n) is 3.38. The maximum absolute atomic E-state index is 5.99. The first kappa shape index (κ1) is 14.3. The fourth-order valence-corrected chi connectivity index (χ4v) is 1.70. The van der Waals surface area contributed by atoms with E-state index < -0.39 is 0 Å². The van der Waals surface area contributed by atoms with E-state index in [1.165, 1.54) is 0 Å². The topological polar surface area (TPSA) is 60.1 Å². The van der Waals surface area contributed by atoms with E-state index in [4.69, 9.17) is 15.2 Å². The van der Waals surface area contributed by atoms with Gasteiger partial charge in [-0.1, -0.05) is 6.92 Å². The molecular weight excluding hydrogens is 218 g/mol. The maximum atomic E-state index is 5.99. The lowest BCUT2D eigenvalue weighted by molar-refractivity contribution is 0.00301. The van der Waals surface area contributed by atoms with Crippen LogP contribution >= 0.6 is 0 Å². The number of morpholine rings is 1. The minimum Gasteiger partial charge on any atom is -0.377 e. The molecule has 100 valence electrons. The Labute approximate surface area is 104 Å². The van der Waals surface area contributed by atoms with Crippen LogP contribution < -0.4 is 5.73 Å². The van der Waals surface area contributed by atoms with Gasteiger partial charge < -0.3 is 20.1 Å². The molecule has 5 nitrogen and oxygen atoms in total. The van der Waals surface area contributed by atoms with Crippen molar-refractivity contribution in [2.45, 2.75) is 38.9 Å². The zero-order chi connectivity index (χ0) is 12.9. The molecule has 5 heteroatoms. The number of nitrogens with zero attached hydrogens (tertiary/aromatic N) is 2. The van der Waals surface area contributed by atoms with Crippen molar-refractivity contribution in [2.24, 2.45) is 10.7 Å². The molecule has 0 aromatic heterocycles. The number of nitrogens with two attached hydrogens (primary N) is 1. The van der Waals surface area contributed by atoms with Gasteiger partial charge in [-0.2, -0.15) is 0 Å². The van der Waals surface area contributed by atoms with Gasteiger partial charge in [-0.25, -0.2) is 0 Å². The van der Waals surface area contributed by atoms with Crippen molar-refractivity contribution in [3.63, 3.8) is 0 Å². The molecule has 0 saturated carbocycles. The molecule has 0 spiro atoms. The largest absolute Gasteiger partial charge is 0.377 e. The van der Waals surface area contributed by atoms with E-state index in [0.717, 1.165) is 19.5 Å². The van der Waals surface area contributed by atoms with E-state index in [1.54, 1.807) is 7.11 Å². The van der Waals surface area contributed by atoms with Crippen LogP contribution in [0.5, 0.6) is 0 Å². The average molecular weight is 243 g/mol. The molecule has 1 fully saturated rings. The van der Waals surface area contributed by atoms with E-state index in [9.17, 15) is 0 Å². The smallest absolute Gasteiger partial charge is 0.191 e. The highest BCUT2D eigenvalue weighted by Gasteiger charge is 2.22. The SMILES string of the molecule is CCC(C)(CN=C(N)N1CCOC(C)C1)OC. The normalized spacial score (nSPS) is 25.8. The van der Waals surface area contributed by atoms with Gasteiger partial charge in [0.1, 0.15) is 0 Å². The zero-order valence-corrected chi connectivity index (χ0v) is 11.4. The lowest BCUT2D eigenvalue weighted by Crippen LogP contribution is -2.48. The maximum Gasteiger partial charge on any atom is 0.191 e. The lowest BCUT2D eigenvalue weighted by atomic mass is 10.0. The van der Waals surface area contributed by atoms with Crippen LogP contribution in [0.3, 0.4) is 0 Å². The van der Waals surface area contributed by atoms with Gasteiger partial charge in [0.05, 0.1) is 24.9 Å². The third-order valence-corrected chi connectivity index (χ3v) is 3.38. The second-order valence-electron chi connectivity index (χ2n) is 4.81. The van der Waals surface area contributed by atoms with Gasteiger partial charge in [-0.05, 0) is 20.3 Å². The van der Waals surface area contributed by atoms with Crippen molar-refractivity contribution < 1.29 is 9.47 Å². The molecule has 0 aliphatic carbocycles. The second-order valence-corrected chi connectivity index (χ2v) is 4.81. The van der Waals surface area contributed by atoms with Gasteiger partial charge >= 0.3 is 0 Å². The van der Waals surface area contributed by atoms with Gasteiger partial charge in [0.25, 0.3) is 0 Å². The molecular formula is C12H25N3O2. The predicted molar refractivity (Wildman–Crippen MR) is 69.2 cm³/mol. The summed E-state index contributed by atoms with van der Waals surface area (Å²) < 4.78 is 10.9. The minimum atomic E-state index is -0.220. The molecule has 1 aliphatic rings. The third kappa shape index (κ3) is 4.16. The number of hydrogen-bond acceptors (Lipinski definition) is 3. The van der Waals surface area contributed by atoms with Crippen LogP contribution in [0.4, 0.5) is 0 Å². The summed E-state index contributed by atoms with van der Waals surface area (Å²) in [6.07, 6.45) is 1.14. The number of guanidine groups is 1.